The number of nitrogens with zero attached hydrogens (tertiary/aromatic N) is 5. The lowest BCUT2D eigenvalue weighted by Gasteiger charge is -2.34. The summed E-state index contributed by atoms with van der Waals surface area (Å²) < 4.78 is 1.86. The molecule has 0 bridgehead atoms. The van der Waals surface area contributed by atoms with Crippen LogP contribution >= 0.6 is 11.6 Å². The van der Waals surface area contributed by atoms with Crippen LogP contribution < -0.4 is 5.73 Å². The first-order valence-corrected chi connectivity index (χ1v) is 8.93. The van der Waals surface area contributed by atoms with Gasteiger partial charge in [-0.25, -0.2) is 4.98 Å². The summed E-state index contributed by atoms with van der Waals surface area (Å²) in [5.74, 6) is 0.468. The quantitative estimate of drug-likeness (QED) is 0.856. The van der Waals surface area contributed by atoms with Gasteiger partial charge in [0.25, 0.3) is 0 Å². The maximum atomic E-state index is 8.88. The van der Waals surface area contributed by atoms with E-state index in [9.17, 15) is 0 Å². The number of halogens is 1. The maximum Gasteiger partial charge on any atom is 0.182 e. The van der Waals surface area contributed by atoms with Crippen molar-refractivity contribution in [2.45, 2.75) is 19.5 Å². The Balaban J connectivity index is 1.38. The molecule has 1 aromatic carbocycles. The molecule has 1 aliphatic heterocycles. The van der Waals surface area contributed by atoms with E-state index in [0.29, 0.717) is 11.5 Å². The summed E-state index contributed by atoms with van der Waals surface area (Å²) in [5, 5.41) is 9.67. The lowest BCUT2D eigenvalue weighted by molar-refractivity contribution is 0.125. The van der Waals surface area contributed by atoms with Crippen molar-refractivity contribution in [3.8, 4) is 6.07 Å². The summed E-state index contributed by atoms with van der Waals surface area (Å²) in [6.07, 6.45) is 2.65. The Morgan fingerprint density at radius 1 is 1.08 bits per heavy atom. The first kappa shape index (κ1) is 17.7. The number of hydrogen-bond donors (Lipinski definition) is 1. The minimum absolute atomic E-state index is 0.316. The third kappa shape index (κ3) is 4.73. The molecule has 0 unspecified atom stereocenters. The number of aromatic nitrogens is 2. The topological polar surface area (TPSA) is 74.1 Å². The van der Waals surface area contributed by atoms with Gasteiger partial charge < -0.3 is 15.2 Å². The highest BCUT2D eigenvalue weighted by Gasteiger charge is 2.16. The molecule has 0 atom stereocenters. The van der Waals surface area contributed by atoms with Gasteiger partial charge in [0.05, 0.1) is 6.33 Å². The molecule has 2 aromatic rings. The normalized spacial score (nSPS) is 16.0. The van der Waals surface area contributed by atoms with Crippen LogP contribution in [-0.2, 0) is 13.1 Å². The molecule has 1 aromatic heterocycles. The average Bonchev–Trinajstić information content (AvgIpc) is 2.98. The van der Waals surface area contributed by atoms with Crippen molar-refractivity contribution in [2.24, 2.45) is 0 Å². The molecule has 2 N–H and O–H groups in total. The molecule has 2 heterocycles. The van der Waals surface area contributed by atoms with E-state index in [2.05, 4.69) is 26.9 Å². The van der Waals surface area contributed by atoms with Gasteiger partial charge in [-0.05, 0) is 30.7 Å². The van der Waals surface area contributed by atoms with Crippen LogP contribution in [-0.4, -0.2) is 52.1 Å². The zero-order valence-corrected chi connectivity index (χ0v) is 15.0. The van der Waals surface area contributed by atoms with E-state index in [4.69, 9.17) is 22.6 Å². The highest BCUT2D eigenvalue weighted by Crippen LogP contribution is 2.13. The maximum absolute atomic E-state index is 8.88. The molecule has 6 nitrogen and oxygen atoms in total. The fraction of sp³-hybridized carbons (Fsp3) is 0.444. The summed E-state index contributed by atoms with van der Waals surface area (Å²) in [4.78, 5) is 8.96. The summed E-state index contributed by atoms with van der Waals surface area (Å²) in [6.45, 7) is 7.13. The van der Waals surface area contributed by atoms with E-state index >= 15 is 0 Å². The number of nitrogen functional groups attached to an aromatic ring is 1. The van der Waals surface area contributed by atoms with Crippen molar-refractivity contribution < 1.29 is 0 Å². The number of aryl methyl sites for hydroxylation is 1. The monoisotopic (exact) mass is 358 g/mol. The second-order valence-electron chi connectivity index (χ2n) is 6.38. The fourth-order valence-electron chi connectivity index (χ4n) is 3.14. The standard InChI is InChI=1S/C18H23ClN6/c19-16-4-2-15(3-5-16)13-24-10-8-23(9-11-24)6-1-7-25-14-22-17(12-20)18(25)21/h2-5,14H,1,6-11,13,21H2. The molecule has 7 heteroatoms. The van der Waals surface area contributed by atoms with E-state index in [1.807, 2.05) is 22.8 Å². The second-order valence-corrected chi connectivity index (χ2v) is 6.82. The van der Waals surface area contributed by atoms with Crippen molar-refractivity contribution in [2.75, 3.05) is 38.5 Å². The number of nitriles is 1. The minimum atomic E-state index is 0.316. The molecule has 0 amide bonds. The van der Waals surface area contributed by atoms with E-state index < -0.39 is 0 Å². The van der Waals surface area contributed by atoms with Gasteiger partial charge in [0.2, 0.25) is 0 Å². The molecule has 3 rings (SSSR count). The van der Waals surface area contributed by atoms with Gasteiger partial charge in [0.1, 0.15) is 11.9 Å². The summed E-state index contributed by atoms with van der Waals surface area (Å²) in [6, 6.07) is 10.1. The SMILES string of the molecule is N#Cc1ncn(CCCN2CCN(Cc3ccc(Cl)cc3)CC2)c1N. The molecule has 132 valence electrons. The van der Waals surface area contributed by atoms with Crippen LogP contribution in [0, 0.1) is 11.3 Å². The molecule has 0 aliphatic carbocycles. The third-order valence-corrected chi connectivity index (χ3v) is 4.89. The molecule has 1 fully saturated rings. The Hall–Kier alpha value is -2.07. The first-order chi connectivity index (χ1) is 12.2. The minimum Gasteiger partial charge on any atom is -0.383 e. The Bertz CT molecular complexity index is 725. The van der Waals surface area contributed by atoms with Crippen molar-refractivity contribution in [3.05, 3.63) is 46.9 Å². The van der Waals surface area contributed by atoms with Gasteiger partial charge in [0.15, 0.2) is 5.69 Å². The Morgan fingerprint density at radius 2 is 1.76 bits per heavy atom. The zero-order valence-electron chi connectivity index (χ0n) is 14.2. The summed E-state index contributed by atoms with van der Waals surface area (Å²) in [7, 11) is 0. The number of hydrogen-bond acceptors (Lipinski definition) is 5. The van der Waals surface area contributed by atoms with Crippen LogP contribution in [0.4, 0.5) is 5.82 Å². The smallest absolute Gasteiger partial charge is 0.182 e. The van der Waals surface area contributed by atoms with Gasteiger partial charge in [-0.15, -0.1) is 0 Å². The van der Waals surface area contributed by atoms with Crippen molar-refractivity contribution in [1.29, 1.82) is 5.26 Å². The van der Waals surface area contributed by atoms with Crippen LogP contribution in [0.25, 0.3) is 0 Å². The van der Waals surface area contributed by atoms with Gasteiger partial charge >= 0.3 is 0 Å². The van der Waals surface area contributed by atoms with Crippen LogP contribution in [0.5, 0.6) is 0 Å². The van der Waals surface area contributed by atoms with Crippen molar-refractivity contribution in [3.63, 3.8) is 0 Å². The molecule has 1 saturated heterocycles. The Labute approximate surface area is 153 Å². The number of anilines is 1. The van der Waals surface area contributed by atoms with E-state index in [-0.39, 0.29) is 0 Å². The Kier molecular flexibility index (Phi) is 5.92. The highest BCUT2D eigenvalue weighted by molar-refractivity contribution is 6.30. The lowest BCUT2D eigenvalue weighted by atomic mass is 10.2. The molecule has 0 spiro atoms. The van der Waals surface area contributed by atoms with Crippen LogP contribution in [0.1, 0.15) is 17.7 Å². The number of nitrogens with two attached hydrogens (primary N) is 1. The van der Waals surface area contributed by atoms with Crippen molar-refractivity contribution >= 4 is 17.4 Å². The van der Waals surface area contributed by atoms with Gasteiger partial charge in [0, 0.05) is 44.3 Å². The molecular formula is C18H23ClN6. The number of rotatable bonds is 6. The van der Waals surface area contributed by atoms with Gasteiger partial charge in [-0.1, -0.05) is 23.7 Å². The predicted molar refractivity (Wildman–Crippen MR) is 99.1 cm³/mol. The zero-order chi connectivity index (χ0) is 17.6. The lowest BCUT2D eigenvalue weighted by Crippen LogP contribution is -2.46. The van der Waals surface area contributed by atoms with Gasteiger partial charge in [-0.3, -0.25) is 4.90 Å². The molecule has 25 heavy (non-hydrogen) atoms. The van der Waals surface area contributed by atoms with Crippen LogP contribution in [0.15, 0.2) is 30.6 Å². The van der Waals surface area contributed by atoms with Crippen LogP contribution in [0.2, 0.25) is 5.02 Å². The van der Waals surface area contributed by atoms with Crippen LogP contribution in [0.3, 0.4) is 0 Å². The number of piperazine rings is 1. The number of benzene rings is 1. The number of imidazole rings is 1. The van der Waals surface area contributed by atoms with E-state index in [0.717, 1.165) is 57.3 Å². The fourth-order valence-corrected chi connectivity index (χ4v) is 3.27. The molecule has 0 saturated carbocycles. The molecule has 1 aliphatic rings. The molecule has 0 radical (unpaired) electrons. The Morgan fingerprint density at radius 3 is 2.40 bits per heavy atom. The van der Waals surface area contributed by atoms with Crippen molar-refractivity contribution in [1.82, 2.24) is 19.4 Å². The average molecular weight is 359 g/mol. The van der Waals surface area contributed by atoms with E-state index in [1.54, 1.807) is 6.33 Å². The second kappa shape index (κ2) is 8.34. The van der Waals surface area contributed by atoms with E-state index in [1.165, 1.54) is 5.56 Å². The predicted octanol–water partition coefficient (Wildman–Crippen LogP) is 2.20. The first-order valence-electron chi connectivity index (χ1n) is 8.55. The molecular weight excluding hydrogens is 336 g/mol. The third-order valence-electron chi connectivity index (χ3n) is 4.64. The van der Waals surface area contributed by atoms with Gasteiger partial charge in [-0.2, -0.15) is 5.26 Å². The highest BCUT2D eigenvalue weighted by atomic mass is 35.5. The summed E-state index contributed by atoms with van der Waals surface area (Å²) >= 11 is 5.94. The summed E-state index contributed by atoms with van der Waals surface area (Å²) in [5.41, 5.74) is 7.51. The largest absolute Gasteiger partial charge is 0.383 e.